The number of ketones is 1. The molecule has 8 nitrogen and oxygen atoms in total. The van der Waals surface area contributed by atoms with Crippen LogP contribution < -0.4 is 4.72 Å². The Morgan fingerprint density at radius 2 is 1.73 bits per heavy atom. The average molecular weight is 510 g/mol. The number of nitrogens with one attached hydrogen (secondary N) is 1. The van der Waals surface area contributed by atoms with E-state index in [9.17, 15) is 23.3 Å². The van der Waals surface area contributed by atoms with Crippen LogP contribution in [0.2, 0.25) is 0 Å². The molecule has 0 saturated carbocycles. The molecule has 1 aromatic carbocycles. The predicted molar refractivity (Wildman–Crippen MR) is 102 cm³/mol. The molecule has 1 N–H and O–H groups in total. The molecule has 1 aliphatic carbocycles. The number of allylic oxidation sites excluding steroid dienone is 2. The number of carbonyl (C=O) groups is 1. The normalized spacial score (nSPS) is 16.8. The maximum atomic E-state index is 12.3. The van der Waals surface area contributed by atoms with Gasteiger partial charge in [0.05, 0.1) is 18.8 Å². The topological polar surface area (TPSA) is 116 Å². The quantitative estimate of drug-likeness (QED) is 0.446. The van der Waals surface area contributed by atoms with Gasteiger partial charge in [-0.15, -0.1) is 0 Å². The molecule has 0 saturated heterocycles. The molecule has 0 bridgehead atoms. The molecule has 11 heteroatoms. The van der Waals surface area contributed by atoms with Crippen molar-refractivity contribution in [1.82, 2.24) is 4.72 Å². The second-order valence-electron chi connectivity index (χ2n) is 5.37. The Labute approximate surface area is 166 Å². The first-order valence-electron chi connectivity index (χ1n) is 7.21. The van der Waals surface area contributed by atoms with Crippen LogP contribution in [0.15, 0.2) is 50.3 Å². The largest absolute Gasteiger partial charge is 0.370 e. The van der Waals surface area contributed by atoms with Crippen LogP contribution in [0.25, 0.3) is 0 Å². The van der Waals surface area contributed by atoms with Crippen LogP contribution in [-0.4, -0.2) is 38.4 Å². The predicted octanol–water partition coefficient (Wildman–Crippen LogP) is 2.79. The van der Waals surface area contributed by atoms with Crippen LogP contribution in [0.3, 0.4) is 0 Å². The minimum absolute atomic E-state index is 0.0227. The zero-order valence-corrected chi connectivity index (χ0v) is 17.4. The Morgan fingerprint density at radius 1 is 1.19 bits per heavy atom. The molecule has 26 heavy (non-hydrogen) atoms. The number of nitro benzene ring substituents is 1. The average Bonchev–Trinajstić information content (AvgIpc) is 2.59. The third-order valence-corrected chi connectivity index (χ3v) is 6.38. The molecule has 0 fully saturated rings. The molecule has 0 unspecified atom stereocenters. The van der Waals surface area contributed by atoms with Crippen molar-refractivity contribution in [3.8, 4) is 0 Å². The molecule has 0 aliphatic heterocycles. The van der Waals surface area contributed by atoms with E-state index in [1.54, 1.807) is 12.2 Å². The minimum Gasteiger partial charge on any atom is -0.370 e. The highest BCUT2D eigenvalue weighted by Crippen LogP contribution is 2.33. The van der Waals surface area contributed by atoms with E-state index in [-0.39, 0.29) is 29.3 Å². The van der Waals surface area contributed by atoms with E-state index in [2.05, 4.69) is 36.6 Å². The number of methoxy groups -OCH3 is 1. The van der Waals surface area contributed by atoms with Gasteiger partial charge in [-0.2, -0.15) is 0 Å². The Bertz CT molecular complexity index is 871. The fraction of sp³-hybridized carbons (Fsp3) is 0.267. The van der Waals surface area contributed by atoms with Crippen LogP contribution in [0, 0.1) is 10.1 Å². The van der Waals surface area contributed by atoms with Gasteiger partial charge in [0, 0.05) is 25.8 Å². The molecule has 0 radical (unpaired) electrons. The third kappa shape index (κ3) is 4.65. The van der Waals surface area contributed by atoms with Crippen LogP contribution in [-0.2, 0) is 19.6 Å². The molecular weight excluding hydrogens is 496 g/mol. The Kier molecular flexibility index (Phi) is 6.51. The van der Waals surface area contributed by atoms with E-state index in [0.717, 1.165) is 12.1 Å². The maximum Gasteiger partial charge on any atom is 0.269 e. The van der Waals surface area contributed by atoms with Gasteiger partial charge in [0.25, 0.3) is 5.69 Å². The summed E-state index contributed by atoms with van der Waals surface area (Å²) in [6, 6.07) is 4.58. The van der Waals surface area contributed by atoms with Gasteiger partial charge in [-0.3, -0.25) is 14.9 Å². The molecule has 0 heterocycles. The molecular formula is C15H14Br2N2O6S. The first kappa shape index (κ1) is 20.9. The number of hydrogen-bond acceptors (Lipinski definition) is 6. The second kappa shape index (κ2) is 8.09. The summed E-state index contributed by atoms with van der Waals surface area (Å²) in [6.07, 6.45) is 3.37. The number of sulfonamides is 1. The van der Waals surface area contributed by atoms with Gasteiger partial charge in [0.1, 0.15) is 5.60 Å². The Balaban J connectivity index is 2.10. The maximum absolute atomic E-state index is 12.3. The van der Waals surface area contributed by atoms with Crippen molar-refractivity contribution in [2.24, 2.45) is 0 Å². The molecule has 0 spiro atoms. The number of carbonyl (C=O) groups excluding carboxylic acids is 1. The number of non-ortho nitro benzene ring substituents is 1. The zero-order valence-electron chi connectivity index (χ0n) is 13.4. The SMILES string of the molecule is COC1(CCNS(=O)(=O)c2ccc([N+](=O)[O-])cc2)C=C(Br)C(=O)C(Br)=C1. The zero-order chi connectivity index (χ0) is 19.5. The number of hydrogen-bond donors (Lipinski definition) is 1. The lowest BCUT2D eigenvalue weighted by molar-refractivity contribution is -0.384. The van der Waals surface area contributed by atoms with E-state index >= 15 is 0 Å². The fourth-order valence-electron chi connectivity index (χ4n) is 2.29. The lowest BCUT2D eigenvalue weighted by Crippen LogP contribution is -2.36. The van der Waals surface area contributed by atoms with Gasteiger partial charge >= 0.3 is 0 Å². The highest BCUT2D eigenvalue weighted by molar-refractivity contribution is 9.13. The van der Waals surface area contributed by atoms with Gasteiger partial charge in [0.2, 0.25) is 15.8 Å². The number of ether oxygens (including phenoxy) is 1. The van der Waals surface area contributed by atoms with Crippen LogP contribution >= 0.6 is 31.9 Å². The summed E-state index contributed by atoms with van der Waals surface area (Å²) >= 11 is 6.33. The lowest BCUT2D eigenvalue weighted by Gasteiger charge is -2.29. The number of halogens is 2. The summed E-state index contributed by atoms with van der Waals surface area (Å²) in [5.74, 6) is -0.232. The van der Waals surface area contributed by atoms with Crippen molar-refractivity contribution in [2.75, 3.05) is 13.7 Å². The summed E-state index contributed by atoms with van der Waals surface area (Å²) in [5, 5.41) is 10.6. The first-order chi connectivity index (χ1) is 12.1. The fourth-order valence-corrected chi connectivity index (χ4v) is 4.79. The molecule has 1 aromatic rings. The van der Waals surface area contributed by atoms with E-state index in [0.29, 0.717) is 8.96 Å². The monoisotopic (exact) mass is 508 g/mol. The van der Waals surface area contributed by atoms with Crippen molar-refractivity contribution in [3.63, 3.8) is 0 Å². The van der Waals surface area contributed by atoms with Gasteiger partial charge in [-0.05, 0) is 62.6 Å². The number of Topliss-reactive ketones (excluding diaryl/α,β-unsaturated/α-hetero) is 1. The number of benzene rings is 1. The highest BCUT2D eigenvalue weighted by atomic mass is 79.9. The highest BCUT2D eigenvalue weighted by Gasteiger charge is 2.32. The van der Waals surface area contributed by atoms with E-state index in [1.165, 1.54) is 19.2 Å². The van der Waals surface area contributed by atoms with Crippen LogP contribution in [0.1, 0.15) is 6.42 Å². The van der Waals surface area contributed by atoms with Gasteiger partial charge in [-0.25, -0.2) is 13.1 Å². The minimum atomic E-state index is -3.84. The summed E-state index contributed by atoms with van der Waals surface area (Å²) < 4.78 is 33.1. The molecule has 0 atom stereocenters. The summed E-state index contributed by atoms with van der Waals surface area (Å²) in [6.45, 7) is 0.0227. The smallest absolute Gasteiger partial charge is 0.269 e. The van der Waals surface area contributed by atoms with E-state index in [1.807, 2.05) is 0 Å². The van der Waals surface area contributed by atoms with Gasteiger partial charge < -0.3 is 4.74 Å². The third-order valence-electron chi connectivity index (χ3n) is 3.72. The van der Waals surface area contributed by atoms with Gasteiger partial charge in [0.15, 0.2) is 0 Å². The summed E-state index contributed by atoms with van der Waals surface area (Å²) in [4.78, 5) is 21.7. The molecule has 0 aromatic heterocycles. The number of nitrogens with zero attached hydrogens (tertiary/aromatic N) is 1. The lowest BCUT2D eigenvalue weighted by atomic mass is 9.93. The van der Waals surface area contributed by atoms with Crippen molar-refractivity contribution in [2.45, 2.75) is 16.9 Å². The summed E-state index contributed by atoms with van der Waals surface area (Å²) in [5.41, 5.74) is -1.15. The summed E-state index contributed by atoms with van der Waals surface area (Å²) in [7, 11) is -2.38. The van der Waals surface area contributed by atoms with Crippen molar-refractivity contribution < 1.29 is 22.9 Å². The standard InChI is InChI=1S/C15H14Br2N2O6S/c1-25-15(8-12(16)14(20)13(17)9-15)6-7-18-26(23,24)11-4-2-10(3-5-11)19(21)22/h2-5,8-9,18H,6-7H2,1H3. The Morgan fingerprint density at radius 3 is 2.19 bits per heavy atom. The van der Waals surface area contributed by atoms with Crippen LogP contribution in [0.4, 0.5) is 5.69 Å². The van der Waals surface area contributed by atoms with Gasteiger partial charge in [-0.1, -0.05) is 0 Å². The molecule has 0 amide bonds. The number of nitro groups is 1. The van der Waals surface area contributed by atoms with E-state index < -0.39 is 20.5 Å². The first-order valence-corrected chi connectivity index (χ1v) is 10.3. The molecule has 2 rings (SSSR count). The molecule has 140 valence electrons. The van der Waals surface area contributed by atoms with Crippen molar-refractivity contribution in [3.05, 3.63) is 55.5 Å². The van der Waals surface area contributed by atoms with Crippen molar-refractivity contribution in [1.29, 1.82) is 0 Å². The van der Waals surface area contributed by atoms with E-state index in [4.69, 9.17) is 4.74 Å². The number of rotatable bonds is 7. The molecule has 1 aliphatic rings. The second-order valence-corrected chi connectivity index (χ2v) is 8.85. The Hall–Kier alpha value is -1.40. The van der Waals surface area contributed by atoms with Crippen LogP contribution in [0.5, 0.6) is 0 Å². The van der Waals surface area contributed by atoms with Crippen molar-refractivity contribution >= 4 is 53.4 Å².